The number of carbonyl (C=O) groups is 1. The van der Waals surface area contributed by atoms with Crippen molar-refractivity contribution in [3.63, 3.8) is 0 Å². The van der Waals surface area contributed by atoms with Gasteiger partial charge in [-0.05, 0) is 57.6 Å². The van der Waals surface area contributed by atoms with Crippen molar-refractivity contribution in [2.75, 3.05) is 7.11 Å². The minimum absolute atomic E-state index is 0.349. The maximum atomic E-state index is 12.0. The van der Waals surface area contributed by atoms with E-state index < -0.39 is 0 Å². The summed E-state index contributed by atoms with van der Waals surface area (Å²) in [5.74, 6) is -0.349. The van der Waals surface area contributed by atoms with Crippen LogP contribution >= 0.6 is 11.3 Å². The van der Waals surface area contributed by atoms with Gasteiger partial charge >= 0.3 is 5.97 Å². The highest BCUT2D eigenvalue weighted by atomic mass is 32.1. The first kappa shape index (κ1) is 18.4. The molecular weight excluding hydrogens is 346 g/mol. The van der Waals surface area contributed by atoms with Gasteiger partial charge in [-0.1, -0.05) is 6.42 Å². The number of nitrogens with one attached hydrogen (secondary N) is 1. The van der Waals surface area contributed by atoms with Gasteiger partial charge in [0, 0.05) is 10.6 Å². The summed E-state index contributed by atoms with van der Waals surface area (Å²) in [4.78, 5) is 21.1. The molecule has 1 N–H and O–H groups in total. The lowest BCUT2D eigenvalue weighted by molar-refractivity contribution is 0.0599. The zero-order valence-electron chi connectivity index (χ0n) is 15.7. The lowest BCUT2D eigenvalue weighted by Gasteiger charge is -2.14. The molecule has 1 aliphatic rings. The first-order chi connectivity index (χ1) is 12.5. The molecule has 0 unspecified atom stereocenters. The summed E-state index contributed by atoms with van der Waals surface area (Å²) in [6.45, 7) is 5.76. The average molecular weight is 369 g/mol. The minimum atomic E-state index is -0.349. The van der Waals surface area contributed by atoms with Crippen LogP contribution in [-0.2, 0) is 4.74 Å². The van der Waals surface area contributed by atoms with Gasteiger partial charge in [0.15, 0.2) is 0 Å². The van der Waals surface area contributed by atoms with Crippen LogP contribution in [0.2, 0.25) is 0 Å². The summed E-state index contributed by atoms with van der Waals surface area (Å²) in [5.41, 5.74) is 5.76. The fourth-order valence-electron chi connectivity index (χ4n) is 3.64. The van der Waals surface area contributed by atoms with E-state index in [0.29, 0.717) is 5.56 Å². The molecule has 1 fully saturated rings. The highest BCUT2D eigenvalue weighted by Gasteiger charge is 2.24. The molecule has 0 radical (unpaired) electrons. The van der Waals surface area contributed by atoms with Crippen molar-refractivity contribution in [2.24, 2.45) is 0 Å². The SMILES string of the molecule is COC(=O)c1c(C)[nH]c(-c2nc(C(C#N)=C3CCCCC3)sc2C)c1C. The van der Waals surface area contributed by atoms with Crippen LogP contribution < -0.4 is 0 Å². The first-order valence-corrected chi connectivity index (χ1v) is 9.67. The second-order valence-corrected chi connectivity index (χ2v) is 7.89. The van der Waals surface area contributed by atoms with Crippen LogP contribution in [0.25, 0.3) is 17.0 Å². The smallest absolute Gasteiger partial charge is 0.339 e. The molecular formula is C20H23N3O2S. The van der Waals surface area contributed by atoms with E-state index in [2.05, 4.69) is 11.1 Å². The zero-order valence-corrected chi connectivity index (χ0v) is 16.5. The van der Waals surface area contributed by atoms with Crippen molar-refractivity contribution in [1.82, 2.24) is 9.97 Å². The van der Waals surface area contributed by atoms with Crippen molar-refractivity contribution in [2.45, 2.75) is 52.9 Å². The van der Waals surface area contributed by atoms with Crippen molar-refractivity contribution in [3.8, 4) is 17.5 Å². The summed E-state index contributed by atoms with van der Waals surface area (Å²) in [6.07, 6.45) is 5.51. The third-order valence-electron chi connectivity index (χ3n) is 5.00. The quantitative estimate of drug-likeness (QED) is 0.603. The molecule has 0 aliphatic heterocycles. The number of carbonyl (C=O) groups excluding carboxylic acids is 1. The summed E-state index contributed by atoms with van der Waals surface area (Å²) in [6, 6.07) is 2.38. The molecule has 0 bridgehead atoms. The Bertz CT molecular complexity index is 920. The number of H-pyrrole nitrogens is 1. The highest BCUT2D eigenvalue weighted by molar-refractivity contribution is 7.13. The number of aromatic amines is 1. The number of hydrogen-bond acceptors (Lipinski definition) is 5. The Balaban J connectivity index is 2.07. The standard InChI is InChI=1S/C20H23N3O2S/c1-11-16(20(24)25-4)12(2)22-17(11)18-13(3)26-19(23-18)15(10-21)14-8-6-5-7-9-14/h22H,5-9H2,1-4H3. The largest absolute Gasteiger partial charge is 0.465 e. The van der Waals surface area contributed by atoms with Crippen LogP contribution in [0.5, 0.6) is 0 Å². The van der Waals surface area contributed by atoms with E-state index in [-0.39, 0.29) is 5.97 Å². The van der Waals surface area contributed by atoms with Crippen LogP contribution in [-0.4, -0.2) is 23.0 Å². The lowest BCUT2D eigenvalue weighted by atomic mass is 9.91. The number of thiazole rings is 1. The van der Waals surface area contributed by atoms with Gasteiger partial charge in [0.25, 0.3) is 0 Å². The van der Waals surface area contributed by atoms with Gasteiger partial charge < -0.3 is 9.72 Å². The van der Waals surface area contributed by atoms with E-state index in [4.69, 9.17) is 9.72 Å². The van der Waals surface area contributed by atoms with Crippen LogP contribution in [0.4, 0.5) is 0 Å². The molecule has 1 saturated carbocycles. The predicted octanol–water partition coefficient (Wildman–Crippen LogP) is 5.09. The molecule has 2 heterocycles. The van der Waals surface area contributed by atoms with Crippen LogP contribution in [0.1, 0.15) is 63.6 Å². The highest BCUT2D eigenvalue weighted by Crippen LogP contribution is 2.37. The molecule has 0 saturated heterocycles. The third kappa shape index (κ3) is 3.19. The molecule has 6 heteroatoms. The number of allylic oxidation sites excluding steroid dienone is 2. The molecule has 2 aromatic rings. The van der Waals surface area contributed by atoms with E-state index in [1.807, 2.05) is 20.8 Å². The second kappa shape index (κ2) is 7.46. The maximum Gasteiger partial charge on any atom is 0.339 e. The molecule has 136 valence electrons. The topological polar surface area (TPSA) is 78.8 Å². The fraction of sp³-hybridized carbons (Fsp3) is 0.450. The monoisotopic (exact) mass is 369 g/mol. The van der Waals surface area contributed by atoms with E-state index in [1.54, 1.807) is 11.3 Å². The van der Waals surface area contributed by atoms with Crippen molar-refractivity contribution in [1.29, 1.82) is 5.26 Å². The number of aromatic nitrogens is 2. The molecule has 5 nitrogen and oxygen atoms in total. The summed E-state index contributed by atoms with van der Waals surface area (Å²) < 4.78 is 4.89. The van der Waals surface area contributed by atoms with E-state index in [0.717, 1.165) is 63.8 Å². The van der Waals surface area contributed by atoms with Gasteiger partial charge in [0.1, 0.15) is 16.8 Å². The fourth-order valence-corrected chi connectivity index (χ4v) is 4.60. The zero-order chi connectivity index (χ0) is 18.8. The molecule has 1 aliphatic carbocycles. The summed E-state index contributed by atoms with van der Waals surface area (Å²) in [7, 11) is 1.38. The molecule has 0 aromatic carbocycles. The summed E-state index contributed by atoms with van der Waals surface area (Å²) >= 11 is 1.55. The first-order valence-electron chi connectivity index (χ1n) is 8.85. The molecule has 0 spiro atoms. The van der Waals surface area contributed by atoms with E-state index >= 15 is 0 Å². The van der Waals surface area contributed by atoms with Crippen LogP contribution in [0.3, 0.4) is 0 Å². The number of hydrogen-bond donors (Lipinski definition) is 1. The number of nitrogens with zero attached hydrogens (tertiary/aromatic N) is 2. The minimum Gasteiger partial charge on any atom is -0.465 e. The number of aryl methyl sites for hydroxylation is 2. The van der Waals surface area contributed by atoms with Crippen LogP contribution in [0, 0.1) is 32.1 Å². The second-order valence-electron chi connectivity index (χ2n) is 6.69. The van der Waals surface area contributed by atoms with Gasteiger partial charge in [0.2, 0.25) is 0 Å². The number of esters is 1. The van der Waals surface area contributed by atoms with E-state index in [1.165, 1.54) is 19.1 Å². The number of ether oxygens (including phenoxy) is 1. The Morgan fingerprint density at radius 1 is 1.23 bits per heavy atom. The van der Waals surface area contributed by atoms with E-state index in [9.17, 15) is 10.1 Å². The normalized spacial score (nSPS) is 14.2. The van der Waals surface area contributed by atoms with Crippen molar-refractivity contribution in [3.05, 3.63) is 32.3 Å². The van der Waals surface area contributed by atoms with Gasteiger partial charge in [-0.2, -0.15) is 5.26 Å². The number of rotatable bonds is 3. The van der Waals surface area contributed by atoms with Gasteiger partial charge in [0.05, 0.1) is 23.9 Å². The molecule has 0 amide bonds. The summed E-state index contributed by atoms with van der Waals surface area (Å²) in [5, 5.41) is 10.5. The number of nitriles is 1. The third-order valence-corrected chi connectivity index (χ3v) is 5.99. The van der Waals surface area contributed by atoms with Gasteiger partial charge in [-0.3, -0.25) is 0 Å². The van der Waals surface area contributed by atoms with Crippen LogP contribution in [0.15, 0.2) is 5.57 Å². The Labute approximate surface area is 157 Å². The number of methoxy groups -OCH3 is 1. The predicted molar refractivity (Wildman–Crippen MR) is 103 cm³/mol. The maximum absolute atomic E-state index is 12.0. The Morgan fingerprint density at radius 2 is 1.92 bits per heavy atom. The Hall–Kier alpha value is -2.39. The lowest BCUT2D eigenvalue weighted by Crippen LogP contribution is -2.03. The molecule has 3 rings (SSSR count). The average Bonchev–Trinajstić information content (AvgIpc) is 3.15. The van der Waals surface area contributed by atoms with Gasteiger partial charge in [-0.25, -0.2) is 9.78 Å². The Kier molecular flexibility index (Phi) is 5.28. The Morgan fingerprint density at radius 3 is 2.54 bits per heavy atom. The molecule has 0 atom stereocenters. The molecule has 2 aromatic heterocycles. The van der Waals surface area contributed by atoms with Crippen molar-refractivity contribution < 1.29 is 9.53 Å². The van der Waals surface area contributed by atoms with Crippen molar-refractivity contribution >= 4 is 22.9 Å². The molecule has 26 heavy (non-hydrogen) atoms. The van der Waals surface area contributed by atoms with Gasteiger partial charge in [-0.15, -0.1) is 11.3 Å².